The van der Waals surface area contributed by atoms with Gasteiger partial charge in [-0.15, -0.1) is 10.2 Å². The number of benzene rings is 1. The number of hydrogen-bond acceptors (Lipinski definition) is 3. The van der Waals surface area contributed by atoms with E-state index in [0.29, 0.717) is 5.82 Å². The molecule has 13 heavy (non-hydrogen) atoms. The zero-order valence-electron chi connectivity index (χ0n) is 7.23. The number of rotatable bonds is 2. The summed E-state index contributed by atoms with van der Waals surface area (Å²) in [7, 11) is 2.02. The number of nitrogens with zero attached hydrogens (tertiary/aromatic N) is 3. The van der Waals surface area contributed by atoms with Crippen LogP contribution in [-0.4, -0.2) is 27.9 Å². The molecule has 0 atom stereocenters. The van der Waals surface area contributed by atoms with Gasteiger partial charge in [-0.05, 0) is 5.21 Å². The third-order valence-corrected chi connectivity index (χ3v) is 1.86. The predicted octanol–water partition coefficient (Wildman–Crippen LogP) is 0.244. The first kappa shape index (κ1) is 7.98. The van der Waals surface area contributed by atoms with Gasteiger partial charge in [-0.1, -0.05) is 36.6 Å². The van der Waals surface area contributed by atoms with Crippen molar-refractivity contribution in [2.45, 2.75) is 6.82 Å². The lowest BCUT2D eigenvalue weighted by Gasteiger charge is -2.00. The predicted molar refractivity (Wildman–Crippen MR) is 50.9 cm³/mol. The zero-order chi connectivity index (χ0) is 9.10. The van der Waals surface area contributed by atoms with E-state index in [2.05, 4.69) is 20.6 Å². The fourth-order valence-corrected chi connectivity index (χ4v) is 1.23. The van der Waals surface area contributed by atoms with E-state index in [9.17, 15) is 0 Å². The first-order chi connectivity index (χ1) is 6.42. The SMILES string of the molecule is C[B]c1ccccc1-c1nn[nH]n1. The maximum absolute atomic E-state index is 3.93. The van der Waals surface area contributed by atoms with Gasteiger partial charge in [0.05, 0.1) is 0 Å². The van der Waals surface area contributed by atoms with E-state index >= 15 is 0 Å². The highest BCUT2D eigenvalue weighted by atomic mass is 15.5. The van der Waals surface area contributed by atoms with Crippen LogP contribution in [0.4, 0.5) is 0 Å². The van der Waals surface area contributed by atoms with Gasteiger partial charge in [0, 0.05) is 5.56 Å². The van der Waals surface area contributed by atoms with Gasteiger partial charge in [0.1, 0.15) is 7.28 Å². The lowest BCUT2D eigenvalue weighted by atomic mass is 9.71. The van der Waals surface area contributed by atoms with Gasteiger partial charge in [0.2, 0.25) is 5.82 Å². The van der Waals surface area contributed by atoms with Gasteiger partial charge < -0.3 is 0 Å². The Morgan fingerprint density at radius 3 is 2.85 bits per heavy atom. The van der Waals surface area contributed by atoms with Crippen LogP contribution < -0.4 is 5.46 Å². The van der Waals surface area contributed by atoms with Crippen LogP contribution in [0.3, 0.4) is 0 Å². The van der Waals surface area contributed by atoms with Gasteiger partial charge in [0.15, 0.2) is 0 Å². The highest BCUT2D eigenvalue weighted by Gasteiger charge is 2.06. The Balaban J connectivity index is 2.51. The molecule has 0 saturated heterocycles. The lowest BCUT2D eigenvalue weighted by Crippen LogP contribution is -2.13. The summed E-state index contributed by atoms with van der Waals surface area (Å²) in [5.74, 6) is 0.633. The Hall–Kier alpha value is -1.65. The van der Waals surface area contributed by atoms with Crippen molar-refractivity contribution < 1.29 is 0 Å². The summed E-state index contributed by atoms with van der Waals surface area (Å²) in [6.07, 6.45) is 0. The summed E-state index contributed by atoms with van der Waals surface area (Å²) in [4.78, 5) is 0. The number of aromatic amines is 1. The first-order valence-electron chi connectivity index (χ1n) is 4.04. The molecule has 63 valence electrons. The number of tetrazole rings is 1. The highest BCUT2D eigenvalue weighted by Crippen LogP contribution is 2.08. The maximum Gasteiger partial charge on any atom is 0.204 e. The maximum atomic E-state index is 3.93. The molecular weight excluding hydrogens is 163 g/mol. The molecular formula is C8H8BN4. The quantitative estimate of drug-likeness (QED) is 0.658. The fourth-order valence-electron chi connectivity index (χ4n) is 1.23. The monoisotopic (exact) mass is 171 g/mol. The van der Waals surface area contributed by atoms with E-state index in [-0.39, 0.29) is 0 Å². The van der Waals surface area contributed by atoms with Crippen LogP contribution in [0.15, 0.2) is 24.3 Å². The smallest absolute Gasteiger partial charge is 0.177 e. The molecule has 0 saturated carbocycles. The molecule has 1 N–H and O–H groups in total. The van der Waals surface area contributed by atoms with Crippen LogP contribution in [-0.2, 0) is 0 Å². The molecule has 2 rings (SSSR count). The average molecular weight is 171 g/mol. The lowest BCUT2D eigenvalue weighted by molar-refractivity contribution is 0.881. The Morgan fingerprint density at radius 2 is 2.15 bits per heavy atom. The van der Waals surface area contributed by atoms with Crippen molar-refractivity contribution in [3.05, 3.63) is 24.3 Å². The summed E-state index contributed by atoms with van der Waals surface area (Å²) in [5, 5.41) is 13.8. The first-order valence-corrected chi connectivity index (χ1v) is 4.04. The summed E-state index contributed by atoms with van der Waals surface area (Å²) in [6.45, 7) is 1.99. The highest BCUT2D eigenvalue weighted by molar-refractivity contribution is 6.54. The number of H-pyrrole nitrogens is 1. The van der Waals surface area contributed by atoms with Crippen LogP contribution >= 0.6 is 0 Å². The largest absolute Gasteiger partial charge is 0.204 e. The van der Waals surface area contributed by atoms with Crippen molar-refractivity contribution in [2.24, 2.45) is 0 Å². The van der Waals surface area contributed by atoms with Crippen LogP contribution in [0.2, 0.25) is 6.82 Å². The molecule has 0 aliphatic rings. The molecule has 1 heterocycles. The van der Waals surface area contributed by atoms with E-state index < -0.39 is 0 Å². The molecule has 0 amide bonds. The summed E-state index contributed by atoms with van der Waals surface area (Å²) in [5.41, 5.74) is 2.11. The third-order valence-electron chi connectivity index (χ3n) is 1.86. The summed E-state index contributed by atoms with van der Waals surface area (Å²) >= 11 is 0. The van der Waals surface area contributed by atoms with E-state index in [0.717, 1.165) is 11.0 Å². The van der Waals surface area contributed by atoms with Crippen molar-refractivity contribution in [3.63, 3.8) is 0 Å². The van der Waals surface area contributed by atoms with Crippen LogP contribution in [0.5, 0.6) is 0 Å². The van der Waals surface area contributed by atoms with Gasteiger partial charge in [0.25, 0.3) is 0 Å². The zero-order valence-corrected chi connectivity index (χ0v) is 7.23. The molecule has 0 fully saturated rings. The topological polar surface area (TPSA) is 54.5 Å². The van der Waals surface area contributed by atoms with Crippen molar-refractivity contribution in [1.29, 1.82) is 0 Å². The van der Waals surface area contributed by atoms with Gasteiger partial charge in [-0.3, -0.25) is 0 Å². The second kappa shape index (κ2) is 3.39. The number of nitrogens with one attached hydrogen (secondary N) is 1. The van der Waals surface area contributed by atoms with E-state index in [1.807, 2.05) is 38.4 Å². The Kier molecular flexibility index (Phi) is 2.08. The van der Waals surface area contributed by atoms with Crippen LogP contribution in [0, 0.1) is 0 Å². The third kappa shape index (κ3) is 1.45. The second-order valence-electron chi connectivity index (χ2n) is 2.61. The fraction of sp³-hybridized carbons (Fsp3) is 0.125. The van der Waals surface area contributed by atoms with E-state index in [1.165, 1.54) is 0 Å². The van der Waals surface area contributed by atoms with Crippen molar-refractivity contribution in [2.75, 3.05) is 0 Å². The second-order valence-corrected chi connectivity index (χ2v) is 2.61. The molecule has 4 nitrogen and oxygen atoms in total. The van der Waals surface area contributed by atoms with Crippen molar-refractivity contribution in [3.8, 4) is 11.4 Å². The molecule has 0 unspecified atom stereocenters. The summed E-state index contributed by atoms with van der Waals surface area (Å²) < 4.78 is 0. The van der Waals surface area contributed by atoms with Crippen LogP contribution in [0.25, 0.3) is 11.4 Å². The summed E-state index contributed by atoms with van der Waals surface area (Å²) in [6, 6.07) is 7.93. The van der Waals surface area contributed by atoms with Gasteiger partial charge in [-0.2, -0.15) is 5.21 Å². The van der Waals surface area contributed by atoms with Gasteiger partial charge >= 0.3 is 0 Å². The van der Waals surface area contributed by atoms with Gasteiger partial charge in [-0.25, -0.2) is 0 Å². The molecule has 0 spiro atoms. The normalized spacial score (nSPS) is 9.92. The van der Waals surface area contributed by atoms with E-state index in [4.69, 9.17) is 0 Å². The minimum atomic E-state index is 0.633. The molecule has 0 aliphatic carbocycles. The molecule has 1 aromatic carbocycles. The van der Waals surface area contributed by atoms with Crippen molar-refractivity contribution >= 4 is 12.7 Å². The molecule has 1 radical (unpaired) electrons. The van der Waals surface area contributed by atoms with Crippen LogP contribution in [0.1, 0.15) is 0 Å². The molecule has 2 aromatic rings. The molecule has 0 aliphatic heterocycles. The standard InChI is InChI=1S/C8H8BN4/c1-9-7-5-3-2-4-6(7)8-10-12-13-11-8/h2-5H,1H3,(H,10,11,12,13). The molecule has 1 aromatic heterocycles. The molecule has 0 bridgehead atoms. The van der Waals surface area contributed by atoms with E-state index in [1.54, 1.807) is 0 Å². The molecule has 5 heteroatoms. The number of hydrogen-bond donors (Lipinski definition) is 1. The Bertz CT molecular complexity index is 385. The van der Waals surface area contributed by atoms with Crippen molar-refractivity contribution in [1.82, 2.24) is 20.6 Å². The minimum absolute atomic E-state index is 0.633. The minimum Gasteiger partial charge on any atom is -0.177 e. The average Bonchev–Trinajstić information content (AvgIpc) is 2.70. The Morgan fingerprint density at radius 1 is 1.31 bits per heavy atom. The Labute approximate surface area is 76.6 Å². The number of aromatic nitrogens is 4.